The molecule has 1 unspecified atom stereocenters. The number of carbonyl (C=O) groups excluding carboxylic acids is 3. The molecule has 1 aromatic rings. The minimum Gasteiger partial charge on any atom is -0.369 e. The van der Waals surface area contributed by atoms with Crippen LogP contribution in [0.25, 0.3) is 0 Å². The maximum atomic E-state index is 13.6. The summed E-state index contributed by atoms with van der Waals surface area (Å²) < 4.78 is 5.67. The number of nitrogens with zero attached hydrogens (tertiary/aromatic N) is 3. The quantitative estimate of drug-likeness (QED) is 0.543. The number of fused-ring (bicyclic) bond motifs is 1. The van der Waals surface area contributed by atoms with E-state index in [-0.39, 0.29) is 42.3 Å². The Morgan fingerprint density at radius 1 is 1.08 bits per heavy atom. The Morgan fingerprint density at radius 3 is 2.38 bits per heavy atom. The van der Waals surface area contributed by atoms with Crippen LogP contribution >= 0.6 is 0 Å². The van der Waals surface area contributed by atoms with Gasteiger partial charge in [-0.2, -0.15) is 0 Å². The molecule has 9 nitrogen and oxygen atoms in total. The molecule has 4 atom stereocenters. The SMILES string of the molecule is CN[C@H]1CN(C(=O)C(CC(C)C)NC(=O)c2ccc(N3CCN(C4CCC4)CC3)cc2)[C@@H]2C(=O)CO[C@H]12. The van der Waals surface area contributed by atoms with E-state index in [9.17, 15) is 14.4 Å². The van der Waals surface area contributed by atoms with Gasteiger partial charge in [-0.05, 0) is 56.5 Å². The molecule has 9 heteroatoms. The molecule has 0 spiro atoms. The Bertz CT molecular complexity index is 987. The van der Waals surface area contributed by atoms with Gasteiger partial charge < -0.3 is 25.2 Å². The second-order valence-electron chi connectivity index (χ2n) is 11.4. The number of ketones is 1. The van der Waals surface area contributed by atoms with E-state index >= 15 is 0 Å². The lowest BCUT2D eigenvalue weighted by molar-refractivity contribution is -0.138. The third-order valence-corrected chi connectivity index (χ3v) is 8.55. The van der Waals surface area contributed by atoms with Crippen molar-refractivity contribution in [2.24, 2.45) is 5.92 Å². The number of hydrogen-bond donors (Lipinski definition) is 2. The van der Waals surface area contributed by atoms with Gasteiger partial charge in [-0.1, -0.05) is 20.3 Å². The minimum atomic E-state index is -0.698. The third-order valence-electron chi connectivity index (χ3n) is 8.55. The summed E-state index contributed by atoms with van der Waals surface area (Å²) in [5, 5.41) is 6.14. The predicted molar refractivity (Wildman–Crippen MR) is 142 cm³/mol. The first-order chi connectivity index (χ1) is 17.9. The lowest BCUT2D eigenvalue weighted by atomic mass is 9.91. The molecule has 2 amide bonds. The van der Waals surface area contributed by atoms with Crippen LogP contribution in [0.1, 0.15) is 49.9 Å². The highest BCUT2D eigenvalue weighted by molar-refractivity contribution is 5.99. The molecule has 37 heavy (non-hydrogen) atoms. The Labute approximate surface area is 219 Å². The second-order valence-corrected chi connectivity index (χ2v) is 11.4. The molecule has 3 aliphatic heterocycles. The summed E-state index contributed by atoms with van der Waals surface area (Å²) in [6, 6.07) is 7.10. The molecule has 4 aliphatic rings. The number of likely N-dealkylation sites (N-methyl/N-ethyl adjacent to an activating group) is 1. The van der Waals surface area contributed by atoms with Crippen molar-refractivity contribution < 1.29 is 19.1 Å². The normalized spacial score (nSPS) is 27.4. The number of hydrogen-bond acceptors (Lipinski definition) is 7. The summed E-state index contributed by atoms with van der Waals surface area (Å²) in [7, 11) is 1.81. The standard InChI is InChI=1S/C28H41N5O4/c1-18(2)15-22(28(36)33-16-23(29-3)26-25(33)24(34)17-37-26)30-27(35)19-7-9-21(10-8-19)32-13-11-31(12-14-32)20-5-4-6-20/h7-10,18,20,22-23,25-26,29H,4-6,11-17H2,1-3H3,(H,30,35)/t22?,23-,25+,26+/m0/s1. The molecule has 0 aromatic heterocycles. The van der Waals surface area contributed by atoms with Gasteiger partial charge in [-0.15, -0.1) is 0 Å². The van der Waals surface area contributed by atoms with Crippen molar-refractivity contribution in [1.82, 2.24) is 20.4 Å². The maximum absolute atomic E-state index is 13.6. The van der Waals surface area contributed by atoms with Gasteiger partial charge in [-0.3, -0.25) is 19.3 Å². The molecule has 1 aromatic carbocycles. The maximum Gasteiger partial charge on any atom is 0.251 e. The molecule has 3 saturated heterocycles. The number of nitrogens with one attached hydrogen (secondary N) is 2. The van der Waals surface area contributed by atoms with Gasteiger partial charge in [-0.25, -0.2) is 0 Å². The highest BCUT2D eigenvalue weighted by Crippen LogP contribution is 2.29. The van der Waals surface area contributed by atoms with E-state index < -0.39 is 12.1 Å². The topological polar surface area (TPSA) is 94.2 Å². The van der Waals surface area contributed by atoms with Crippen LogP contribution in [-0.2, 0) is 14.3 Å². The summed E-state index contributed by atoms with van der Waals surface area (Å²) >= 11 is 0. The first kappa shape index (κ1) is 26.1. The Kier molecular flexibility index (Phi) is 7.83. The van der Waals surface area contributed by atoms with Crippen molar-refractivity contribution in [3.63, 3.8) is 0 Å². The van der Waals surface area contributed by atoms with Gasteiger partial charge in [0.25, 0.3) is 5.91 Å². The van der Waals surface area contributed by atoms with E-state index in [0.717, 1.165) is 37.9 Å². The Hall–Kier alpha value is -2.49. The zero-order chi connectivity index (χ0) is 26.1. The van der Waals surface area contributed by atoms with Crippen LogP contribution in [0.3, 0.4) is 0 Å². The zero-order valence-electron chi connectivity index (χ0n) is 22.3. The largest absolute Gasteiger partial charge is 0.369 e. The highest BCUT2D eigenvalue weighted by atomic mass is 16.5. The number of ether oxygens (including phenoxy) is 1. The van der Waals surface area contributed by atoms with Gasteiger partial charge in [0, 0.05) is 50.0 Å². The number of benzene rings is 1. The fourth-order valence-corrected chi connectivity index (χ4v) is 6.19. The first-order valence-corrected chi connectivity index (χ1v) is 13.9. The molecule has 0 radical (unpaired) electrons. The molecule has 1 saturated carbocycles. The number of anilines is 1. The molecule has 2 N–H and O–H groups in total. The Balaban J connectivity index is 1.22. The van der Waals surface area contributed by atoms with Gasteiger partial charge in [0.15, 0.2) is 5.78 Å². The lowest BCUT2D eigenvalue weighted by Crippen LogP contribution is -2.52. The monoisotopic (exact) mass is 511 g/mol. The van der Waals surface area contributed by atoms with Crippen LogP contribution in [0.4, 0.5) is 5.69 Å². The van der Waals surface area contributed by atoms with Crippen LogP contribution in [0.15, 0.2) is 24.3 Å². The fourth-order valence-electron chi connectivity index (χ4n) is 6.19. The van der Waals surface area contributed by atoms with Crippen LogP contribution in [-0.4, -0.2) is 104 Å². The van der Waals surface area contributed by atoms with Crippen molar-refractivity contribution in [2.75, 3.05) is 51.3 Å². The lowest BCUT2D eigenvalue weighted by Gasteiger charge is -2.43. The van der Waals surface area contributed by atoms with E-state index in [1.165, 1.54) is 19.3 Å². The van der Waals surface area contributed by atoms with Crippen LogP contribution < -0.4 is 15.5 Å². The van der Waals surface area contributed by atoms with E-state index in [1.54, 1.807) is 4.90 Å². The molecule has 1 aliphatic carbocycles. The molecular formula is C28H41N5O4. The van der Waals surface area contributed by atoms with E-state index in [2.05, 4.69) is 20.4 Å². The smallest absolute Gasteiger partial charge is 0.251 e. The summed E-state index contributed by atoms with van der Waals surface area (Å²) in [6.07, 6.45) is 4.20. The summed E-state index contributed by atoms with van der Waals surface area (Å²) in [5.74, 6) is -0.357. The third kappa shape index (κ3) is 5.40. The summed E-state index contributed by atoms with van der Waals surface area (Å²) in [6.45, 7) is 8.66. The average Bonchev–Trinajstić information content (AvgIpc) is 3.43. The van der Waals surface area contributed by atoms with Gasteiger partial charge in [0.2, 0.25) is 5.91 Å². The fraction of sp³-hybridized carbons (Fsp3) is 0.679. The van der Waals surface area contributed by atoms with Crippen molar-refractivity contribution in [3.05, 3.63) is 29.8 Å². The average molecular weight is 512 g/mol. The van der Waals surface area contributed by atoms with Crippen molar-refractivity contribution >= 4 is 23.3 Å². The number of amides is 2. The predicted octanol–water partition coefficient (Wildman–Crippen LogP) is 1.27. The first-order valence-electron chi connectivity index (χ1n) is 13.9. The highest BCUT2D eigenvalue weighted by Gasteiger charge is 2.52. The second kappa shape index (κ2) is 11.1. The van der Waals surface area contributed by atoms with Crippen molar-refractivity contribution in [3.8, 4) is 0 Å². The number of piperazine rings is 1. The number of rotatable bonds is 8. The number of likely N-dealkylation sites (tertiary alicyclic amines) is 1. The summed E-state index contributed by atoms with van der Waals surface area (Å²) in [4.78, 5) is 45.9. The summed E-state index contributed by atoms with van der Waals surface area (Å²) in [5.41, 5.74) is 1.66. The van der Waals surface area contributed by atoms with Gasteiger partial charge in [0.05, 0.1) is 6.04 Å². The van der Waals surface area contributed by atoms with Crippen LogP contribution in [0.2, 0.25) is 0 Å². The number of Topliss-reactive ketones (excluding diaryl/α,β-unsaturated/α-hetero) is 1. The molecule has 202 valence electrons. The Morgan fingerprint density at radius 2 is 1.78 bits per heavy atom. The molecule has 5 rings (SSSR count). The van der Waals surface area contributed by atoms with Gasteiger partial charge >= 0.3 is 0 Å². The van der Waals surface area contributed by atoms with Crippen LogP contribution in [0.5, 0.6) is 0 Å². The number of carbonyl (C=O) groups is 3. The molecule has 0 bridgehead atoms. The molecular weight excluding hydrogens is 470 g/mol. The van der Waals surface area contributed by atoms with E-state index in [4.69, 9.17) is 4.74 Å². The molecule has 4 fully saturated rings. The zero-order valence-corrected chi connectivity index (χ0v) is 22.3. The van der Waals surface area contributed by atoms with E-state index in [0.29, 0.717) is 18.5 Å². The molecule has 3 heterocycles. The van der Waals surface area contributed by atoms with Crippen LogP contribution in [0, 0.1) is 5.92 Å². The van der Waals surface area contributed by atoms with Crippen molar-refractivity contribution in [1.29, 1.82) is 0 Å². The minimum absolute atomic E-state index is 0.0283. The van der Waals surface area contributed by atoms with Crippen molar-refractivity contribution in [2.45, 2.75) is 69.8 Å². The van der Waals surface area contributed by atoms with Gasteiger partial charge in [0.1, 0.15) is 24.8 Å². The van der Waals surface area contributed by atoms with E-state index in [1.807, 2.05) is 45.2 Å².